The lowest BCUT2D eigenvalue weighted by atomic mass is 10.2. The normalized spacial score (nSPS) is 14.7. The fraction of sp³-hybridized carbons (Fsp3) is 0.333. The molecular formula is C24H29N5. The molecule has 0 spiro atoms. The van der Waals surface area contributed by atoms with Gasteiger partial charge >= 0.3 is 0 Å². The number of anilines is 2. The number of nitrogens with zero attached hydrogens (tertiary/aromatic N) is 5. The summed E-state index contributed by atoms with van der Waals surface area (Å²) >= 11 is 0. The summed E-state index contributed by atoms with van der Waals surface area (Å²) in [6, 6.07) is 23.3. The lowest BCUT2D eigenvalue weighted by Crippen LogP contribution is -2.46. The van der Waals surface area contributed by atoms with Crippen LogP contribution in [0.4, 0.5) is 11.8 Å². The van der Waals surface area contributed by atoms with Crippen LogP contribution in [0.1, 0.15) is 18.1 Å². The second-order valence-corrected chi connectivity index (χ2v) is 7.46. The minimum atomic E-state index is 0.806. The first-order valence-corrected chi connectivity index (χ1v) is 10.4. The predicted octanol–water partition coefficient (Wildman–Crippen LogP) is 3.83. The molecule has 0 N–H and O–H groups in total. The number of piperazine rings is 1. The Labute approximate surface area is 173 Å². The Bertz CT molecular complexity index is 876. The Morgan fingerprint density at radius 2 is 1.48 bits per heavy atom. The summed E-state index contributed by atoms with van der Waals surface area (Å²) in [5.41, 5.74) is 2.66. The first-order chi connectivity index (χ1) is 14.3. The fourth-order valence-electron chi connectivity index (χ4n) is 3.77. The maximum absolute atomic E-state index is 4.90. The van der Waals surface area contributed by atoms with Crippen LogP contribution >= 0.6 is 0 Å². The van der Waals surface area contributed by atoms with Gasteiger partial charge in [0.1, 0.15) is 5.82 Å². The Hall–Kier alpha value is -2.92. The highest BCUT2D eigenvalue weighted by molar-refractivity contribution is 5.44. The van der Waals surface area contributed by atoms with Gasteiger partial charge in [-0.3, -0.25) is 4.90 Å². The average Bonchev–Trinajstić information content (AvgIpc) is 2.79. The van der Waals surface area contributed by atoms with Gasteiger partial charge < -0.3 is 9.80 Å². The number of hydrogen-bond donors (Lipinski definition) is 0. The molecule has 0 aliphatic carbocycles. The van der Waals surface area contributed by atoms with Gasteiger partial charge in [-0.05, 0) is 24.1 Å². The largest absolute Gasteiger partial charge is 0.354 e. The van der Waals surface area contributed by atoms with Gasteiger partial charge in [-0.15, -0.1) is 0 Å². The highest BCUT2D eigenvalue weighted by Crippen LogP contribution is 2.19. The summed E-state index contributed by atoms with van der Waals surface area (Å²) in [4.78, 5) is 16.6. The quantitative estimate of drug-likeness (QED) is 0.616. The Morgan fingerprint density at radius 1 is 0.828 bits per heavy atom. The van der Waals surface area contributed by atoms with Crippen molar-refractivity contribution in [1.29, 1.82) is 0 Å². The van der Waals surface area contributed by atoms with Crippen molar-refractivity contribution in [2.24, 2.45) is 0 Å². The maximum atomic E-state index is 4.90. The zero-order chi connectivity index (χ0) is 19.9. The van der Waals surface area contributed by atoms with E-state index >= 15 is 0 Å². The Kier molecular flexibility index (Phi) is 6.37. The third-order valence-electron chi connectivity index (χ3n) is 5.45. The molecule has 2 aromatic carbocycles. The molecule has 0 saturated carbocycles. The van der Waals surface area contributed by atoms with Crippen molar-refractivity contribution in [2.75, 3.05) is 42.5 Å². The van der Waals surface area contributed by atoms with Crippen LogP contribution in [-0.4, -0.2) is 47.6 Å². The number of rotatable bonds is 7. The van der Waals surface area contributed by atoms with E-state index in [1.165, 1.54) is 11.1 Å². The average molecular weight is 388 g/mol. The highest BCUT2D eigenvalue weighted by atomic mass is 15.3. The molecule has 5 nitrogen and oxygen atoms in total. The monoisotopic (exact) mass is 387 g/mol. The molecule has 1 saturated heterocycles. The molecule has 150 valence electrons. The third kappa shape index (κ3) is 5.12. The smallest absolute Gasteiger partial charge is 0.227 e. The van der Waals surface area contributed by atoms with Crippen LogP contribution in [0.5, 0.6) is 0 Å². The van der Waals surface area contributed by atoms with Gasteiger partial charge in [0.05, 0.1) is 0 Å². The molecule has 2 heterocycles. The van der Waals surface area contributed by atoms with Crippen molar-refractivity contribution in [2.45, 2.75) is 20.0 Å². The molecule has 3 aromatic rings. The molecule has 1 aromatic heterocycles. The Morgan fingerprint density at radius 3 is 2.14 bits per heavy atom. The molecule has 0 radical (unpaired) electrons. The van der Waals surface area contributed by atoms with Crippen molar-refractivity contribution < 1.29 is 0 Å². The van der Waals surface area contributed by atoms with Crippen molar-refractivity contribution >= 4 is 11.8 Å². The molecule has 0 amide bonds. The van der Waals surface area contributed by atoms with Crippen LogP contribution < -0.4 is 9.80 Å². The van der Waals surface area contributed by atoms with E-state index in [9.17, 15) is 0 Å². The number of hydrogen-bond acceptors (Lipinski definition) is 5. The zero-order valence-electron chi connectivity index (χ0n) is 17.1. The lowest BCUT2D eigenvalue weighted by molar-refractivity contribution is 0.249. The molecule has 5 heteroatoms. The second-order valence-electron chi connectivity index (χ2n) is 7.46. The van der Waals surface area contributed by atoms with Gasteiger partial charge in [0.15, 0.2) is 0 Å². The zero-order valence-corrected chi connectivity index (χ0v) is 17.1. The van der Waals surface area contributed by atoms with E-state index in [4.69, 9.17) is 4.98 Å². The van der Waals surface area contributed by atoms with Crippen molar-refractivity contribution in [3.8, 4) is 0 Å². The summed E-state index contributed by atoms with van der Waals surface area (Å²) in [6.07, 6.45) is 1.89. The van der Waals surface area contributed by atoms with E-state index in [1.807, 2.05) is 18.3 Å². The van der Waals surface area contributed by atoms with Gasteiger partial charge in [-0.25, -0.2) is 4.98 Å². The van der Waals surface area contributed by atoms with Gasteiger partial charge in [-0.1, -0.05) is 60.7 Å². The van der Waals surface area contributed by atoms with Gasteiger partial charge in [0.25, 0.3) is 0 Å². The minimum Gasteiger partial charge on any atom is -0.354 e. The summed E-state index contributed by atoms with van der Waals surface area (Å²) < 4.78 is 0. The molecule has 1 aliphatic rings. The highest BCUT2D eigenvalue weighted by Gasteiger charge is 2.19. The van der Waals surface area contributed by atoms with Crippen molar-refractivity contribution in [3.05, 3.63) is 84.1 Å². The van der Waals surface area contributed by atoms with E-state index in [0.717, 1.165) is 57.6 Å². The fourth-order valence-corrected chi connectivity index (χ4v) is 3.77. The molecule has 4 rings (SSSR count). The third-order valence-corrected chi connectivity index (χ3v) is 5.45. The standard InChI is InChI=1S/C24H29N5/c1-2-28(20-22-11-7-4-8-12-22)24-25-14-13-23(26-24)29-17-15-27(16-18-29)19-21-9-5-3-6-10-21/h3-14H,2,15-20H2,1H3. The number of aromatic nitrogens is 2. The van der Waals surface area contributed by atoms with Crippen LogP contribution in [0.2, 0.25) is 0 Å². The molecule has 0 bridgehead atoms. The summed E-state index contributed by atoms with van der Waals surface area (Å²) in [5.74, 6) is 1.83. The first-order valence-electron chi connectivity index (χ1n) is 10.4. The lowest BCUT2D eigenvalue weighted by Gasteiger charge is -2.35. The second kappa shape index (κ2) is 9.52. The van der Waals surface area contributed by atoms with Crippen LogP contribution in [-0.2, 0) is 13.1 Å². The van der Waals surface area contributed by atoms with Gasteiger partial charge in [-0.2, -0.15) is 4.98 Å². The summed E-state index contributed by atoms with van der Waals surface area (Å²) in [5, 5.41) is 0. The van der Waals surface area contributed by atoms with Crippen LogP contribution in [0.3, 0.4) is 0 Å². The van der Waals surface area contributed by atoms with Crippen LogP contribution in [0, 0.1) is 0 Å². The predicted molar refractivity (Wildman–Crippen MR) is 119 cm³/mol. The molecule has 1 aliphatic heterocycles. The topological polar surface area (TPSA) is 35.5 Å². The Balaban J connectivity index is 1.38. The SMILES string of the molecule is CCN(Cc1ccccc1)c1nccc(N2CCN(Cc3ccccc3)CC2)n1. The number of benzene rings is 2. The van der Waals surface area contributed by atoms with Crippen molar-refractivity contribution in [3.63, 3.8) is 0 Å². The summed E-state index contributed by atoms with van der Waals surface area (Å²) in [6.45, 7) is 8.97. The van der Waals surface area contributed by atoms with Crippen molar-refractivity contribution in [1.82, 2.24) is 14.9 Å². The molecule has 29 heavy (non-hydrogen) atoms. The summed E-state index contributed by atoms with van der Waals surface area (Å²) in [7, 11) is 0. The van der Waals surface area contributed by atoms with E-state index in [-0.39, 0.29) is 0 Å². The minimum absolute atomic E-state index is 0.806. The van der Waals surface area contributed by atoms with E-state index in [2.05, 4.69) is 81.2 Å². The molecule has 0 unspecified atom stereocenters. The first kappa shape index (κ1) is 19.4. The molecular weight excluding hydrogens is 358 g/mol. The van der Waals surface area contributed by atoms with Gasteiger partial charge in [0.2, 0.25) is 5.95 Å². The van der Waals surface area contributed by atoms with E-state index < -0.39 is 0 Å². The molecule has 0 atom stereocenters. The van der Waals surface area contributed by atoms with Crippen LogP contribution in [0.15, 0.2) is 72.9 Å². The molecule has 1 fully saturated rings. The van der Waals surface area contributed by atoms with Crippen LogP contribution in [0.25, 0.3) is 0 Å². The maximum Gasteiger partial charge on any atom is 0.227 e. The van der Waals surface area contributed by atoms with Gasteiger partial charge in [0, 0.05) is 52.0 Å². The van der Waals surface area contributed by atoms with E-state index in [1.54, 1.807) is 0 Å². The van der Waals surface area contributed by atoms with E-state index in [0.29, 0.717) is 0 Å².